The van der Waals surface area contributed by atoms with Crippen molar-refractivity contribution in [3.8, 4) is 5.75 Å². The summed E-state index contributed by atoms with van der Waals surface area (Å²) >= 11 is 0. The van der Waals surface area contributed by atoms with E-state index in [0.717, 1.165) is 6.54 Å². The third kappa shape index (κ3) is 3.19. The van der Waals surface area contributed by atoms with Crippen molar-refractivity contribution in [3.63, 3.8) is 0 Å². The Labute approximate surface area is 114 Å². The minimum absolute atomic E-state index is 0.0289. The Morgan fingerprint density at radius 1 is 1.42 bits per heavy atom. The summed E-state index contributed by atoms with van der Waals surface area (Å²) in [5.74, 6) is 1.29. The number of hydrogen-bond acceptors (Lipinski definition) is 3. The Morgan fingerprint density at radius 2 is 2.11 bits per heavy atom. The van der Waals surface area contributed by atoms with Gasteiger partial charge in [0.2, 0.25) is 0 Å². The largest absolute Gasteiger partial charge is 0.495 e. The summed E-state index contributed by atoms with van der Waals surface area (Å²) in [4.78, 5) is 14.1. The second-order valence-electron chi connectivity index (χ2n) is 5.29. The van der Waals surface area contributed by atoms with E-state index in [1.54, 1.807) is 30.2 Å². The number of rotatable bonds is 4. The number of benzene rings is 1. The average molecular weight is 262 g/mol. The molecule has 0 atom stereocenters. The third-order valence-corrected chi connectivity index (χ3v) is 3.83. The van der Waals surface area contributed by atoms with Crippen molar-refractivity contribution >= 4 is 11.6 Å². The van der Waals surface area contributed by atoms with Gasteiger partial charge in [-0.15, -0.1) is 0 Å². The Kier molecular flexibility index (Phi) is 4.30. The number of nitrogens with two attached hydrogens (primary N) is 1. The maximum atomic E-state index is 12.3. The van der Waals surface area contributed by atoms with E-state index in [4.69, 9.17) is 10.5 Å². The first-order valence-corrected chi connectivity index (χ1v) is 6.80. The molecule has 1 aromatic rings. The number of amides is 1. The zero-order valence-corrected chi connectivity index (χ0v) is 11.7. The molecule has 0 aromatic heterocycles. The number of hydrogen-bond donors (Lipinski definition) is 1. The second-order valence-corrected chi connectivity index (χ2v) is 5.29. The molecule has 0 radical (unpaired) electrons. The number of nitrogens with zero attached hydrogens (tertiary/aromatic N) is 1. The summed E-state index contributed by atoms with van der Waals surface area (Å²) in [5, 5.41) is 0. The monoisotopic (exact) mass is 262 g/mol. The summed E-state index contributed by atoms with van der Waals surface area (Å²) in [7, 11) is 3.43. The van der Waals surface area contributed by atoms with Gasteiger partial charge in [0, 0.05) is 19.2 Å². The Bertz CT molecular complexity index is 453. The predicted molar refractivity (Wildman–Crippen MR) is 76.3 cm³/mol. The van der Waals surface area contributed by atoms with Crippen molar-refractivity contribution in [1.82, 2.24) is 4.90 Å². The highest BCUT2D eigenvalue weighted by Gasteiger charge is 2.20. The standard InChI is InChI=1S/C15H22N2O2/c1-17(10-11-5-3-4-6-11)15(18)12-7-8-14(19-2)13(16)9-12/h7-9,11H,3-6,10,16H2,1-2H3. The van der Waals surface area contributed by atoms with Crippen molar-refractivity contribution in [2.75, 3.05) is 26.4 Å². The first-order valence-electron chi connectivity index (χ1n) is 6.80. The van der Waals surface area contributed by atoms with Gasteiger partial charge in [-0.2, -0.15) is 0 Å². The summed E-state index contributed by atoms with van der Waals surface area (Å²) in [6.45, 7) is 0.838. The van der Waals surface area contributed by atoms with E-state index < -0.39 is 0 Å². The number of carbonyl (C=O) groups excluding carboxylic acids is 1. The van der Waals surface area contributed by atoms with Gasteiger partial charge in [-0.25, -0.2) is 0 Å². The lowest BCUT2D eigenvalue weighted by molar-refractivity contribution is 0.0773. The van der Waals surface area contributed by atoms with Crippen LogP contribution in [-0.4, -0.2) is 31.5 Å². The summed E-state index contributed by atoms with van der Waals surface area (Å²) < 4.78 is 5.10. The number of methoxy groups -OCH3 is 1. The normalized spacial score (nSPS) is 15.5. The zero-order chi connectivity index (χ0) is 13.8. The lowest BCUT2D eigenvalue weighted by Gasteiger charge is -2.21. The average Bonchev–Trinajstić information content (AvgIpc) is 2.90. The molecule has 2 rings (SSSR count). The van der Waals surface area contributed by atoms with Gasteiger partial charge >= 0.3 is 0 Å². The third-order valence-electron chi connectivity index (χ3n) is 3.83. The molecule has 0 spiro atoms. The molecule has 0 saturated heterocycles. The molecule has 0 aliphatic heterocycles. The van der Waals surface area contributed by atoms with Crippen molar-refractivity contribution in [3.05, 3.63) is 23.8 Å². The molecule has 4 heteroatoms. The van der Waals surface area contributed by atoms with Gasteiger partial charge in [-0.1, -0.05) is 12.8 Å². The molecule has 0 unspecified atom stereocenters. The summed E-state index contributed by atoms with van der Waals surface area (Å²) in [6, 6.07) is 5.20. The Morgan fingerprint density at radius 3 is 2.68 bits per heavy atom. The minimum Gasteiger partial charge on any atom is -0.495 e. The van der Waals surface area contributed by atoms with Gasteiger partial charge in [-0.3, -0.25) is 4.79 Å². The number of carbonyl (C=O) groups is 1. The summed E-state index contributed by atoms with van der Waals surface area (Å²) in [5.41, 5.74) is 6.96. The quantitative estimate of drug-likeness (QED) is 0.848. The van der Waals surface area contributed by atoms with E-state index in [-0.39, 0.29) is 5.91 Å². The van der Waals surface area contributed by atoms with Crippen molar-refractivity contribution in [2.24, 2.45) is 5.92 Å². The van der Waals surface area contributed by atoms with E-state index in [9.17, 15) is 4.79 Å². The van der Waals surface area contributed by atoms with Gasteiger partial charge in [0.25, 0.3) is 5.91 Å². The van der Waals surface area contributed by atoms with E-state index in [0.29, 0.717) is 22.9 Å². The molecule has 1 amide bonds. The Hall–Kier alpha value is -1.71. The van der Waals surface area contributed by atoms with Crippen molar-refractivity contribution in [2.45, 2.75) is 25.7 Å². The maximum absolute atomic E-state index is 12.3. The minimum atomic E-state index is 0.0289. The first kappa shape index (κ1) is 13.7. The van der Waals surface area contributed by atoms with Crippen LogP contribution >= 0.6 is 0 Å². The fraction of sp³-hybridized carbons (Fsp3) is 0.533. The van der Waals surface area contributed by atoms with Crippen molar-refractivity contribution < 1.29 is 9.53 Å². The first-order chi connectivity index (χ1) is 9.11. The molecule has 4 nitrogen and oxygen atoms in total. The smallest absolute Gasteiger partial charge is 0.253 e. The lowest BCUT2D eigenvalue weighted by atomic mass is 10.1. The molecule has 0 bridgehead atoms. The van der Waals surface area contributed by atoms with Crippen LogP contribution in [0.25, 0.3) is 0 Å². The van der Waals surface area contributed by atoms with Gasteiger partial charge in [0.1, 0.15) is 5.75 Å². The molecular weight excluding hydrogens is 240 g/mol. The molecular formula is C15H22N2O2. The molecule has 0 heterocycles. The van der Waals surface area contributed by atoms with Crippen molar-refractivity contribution in [1.29, 1.82) is 0 Å². The van der Waals surface area contributed by atoms with Gasteiger partial charge in [0.05, 0.1) is 12.8 Å². The van der Waals surface area contributed by atoms with Gasteiger partial charge < -0.3 is 15.4 Å². The highest BCUT2D eigenvalue weighted by Crippen LogP contribution is 2.26. The van der Waals surface area contributed by atoms with Crippen LogP contribution in [0.2, 0.25) is 0 Å². The highest BCUT2D eigenvalue weighted by molar-refractivity contribution is 5.95. The zero-order valence-electron chi connectivity index (χ0n) is 11.7. The second kappa shape index (κ2) is 5.95. The van der Waals surface area contributed by atoms with Crippen LogP contribution in [0.15, 0.2) is 18.2 Å². The van der Waals surface area contributed by atoms with Crippen LogP contribution < -0.4 is 10.5 Å². The molecule has 104 valence electrons. The van der Waals surface area contributed by atoms with E-state index in [2.05, 4.69) is 0 Å². The van der Waals surface area contributed by atoms with Crippen LogP contribution in [-0.2, 0) is 0 Å². The fourth-order valence-corrected chi connectivity index (χ4v) is 2.75. The van der Waals surface area contributed by atoms with Crippen LogP contribution in [0.4, 0.5) is 5.69 Å². The molecule has 1 aliphatic carbocycles. The van der Waals surface area contributed by atoms with Crippen LogP contribution in [0.5, 0.6) is 5.75 Å². The maximum Gasteiger partial charge on any atom is 0.253 e. The topological polar surface area (TPSA) is 55.6 Å². The van der Waals surface area contributed by atoms with E-state index >= 15 is 0 Å². The molecule has 2 N–H and O–H groups in total. The number of nitrogen functional groups attached to an aromatic ring is 1. The molecule has 1 fully saturated rings. The van der Waals surface area contributed by atoms with Crippen LogP contribution in [0.1, 0.15) is 36.0 Å². The van der Waals surface area contributed by atoms with E-state index in [1.165, 1.54) is 25.7 Å². The number of anilines is 1. The molecule has 1 aliphatic rings. The van der Waals surface area contributed by atoms with Crippen LogP contribution in [0.3, 0.4) is 0 Å². The highest BCUT2D eigenvalue weighted by atomic mass is 16.5. The summed E-state index contributed by atoms with van der Waals surface area (Å²) in [6.07, 6.45) is 5.06. The number of ether oxygens (including phenoxy) is 1. The van der Waals surface area contributed by atoms with Gasteiger partial charge in [-0.05, 0) is 37.0 Å². The fourth-order valence-electron chi connectivity index (χ4n) is 2.75. The molecule has 1 saturated carbocycles. The van der Waals surface area contributed by atoms with E-state index in [1.807, 2.05) is 7.05 Å². The predicted octanol–water partition coefficient (Wildman–Crippen LogP) is 2.54. The lowest BCUT2D eigenvalue weighted by Crippen LogP contribution is -2.31. The van der Waals surface area contributed by atoms with Crippen LogP contribution in [0, 0.1) is 5.92 Å². The molecule has 1 aromatic carbocycles. The molecule has 19 heavy (non-hydrogen) atoms. The van der Waals surface area contributed by atoms with Gasteiger partial charge in [0.15, 0.2) is 0 Å². The SMILES string of the molecule is COc1ccc(C(=O)N(C)CC2CCCC2)cc1N. The Balaban J connectivity index is 2.03.